The van der Waals surface area contributed by atoms with E-state index in [1.807, 2.05) is 22.2 Å². The van der Waals surface area contributed by atoms with Gasteiger partial charge in [-0.1, -0.05) is 0 Å². The van der Waals surface area contributed by atoms with Crippen LogP contribution in [0.2, 0.25) is 0 Å². The number of hydrogen-bond donors (Lipinski definition) is 2. The summed E-state index contributed by atoms with van der Waals surface area (Å²) in [6.45, 7) is 3.39. The number of aromatic nitrogens is 2. The highest BCUT2D eigenvalue weighted by atomic mass is 32.1. The van der Waals surface area contributed by atoms with Crippen LogP contribution in [-0.4, -0.2) is 27.1 Å². The Morgan fingerprint density at radius 2 is 2.53 bits per heavy atom. The van der Waals surface area contributed by atoms with Gasteiger partial charge in [-0.25, -0.2) is 4.98 Å². The molecule has 0 saturated heterocycles. The third-order valence-corrected chi connectivity index (χ3v) is 2.96. The van der Waals surface area contributed by atoms with Gasteiger partial charge in [0.15, 0.2) is 4.96 Å². The number of hydrogen-bond acceptors (Lipinski definition) is 4. The predicted molar refractivity (Wildman–Crippen MR) is 61.1 cm³/mol. The molecule has 0 aliphatic heterocycles. The number of nitrogens with zero attached hydrogens (tertiary/aromatic N) is 2. The van der Waals surface area contributed by atoms with E-state index in [2.05, 4.69) is 10.3 Å². The van der Waals surface area contributed by atoms with Crippen LogP contribution >= 0.6 is 11.3 Å². The van der Waals surface area contributed by atoms with Crippen molar-refractivity contribution in [2.75, 3.05) is 6.54 Å². The van der Waals surface area contributed by atoms with Crippen molar-refractivity contribution >= 4 is 16.3 Å². The molecule has 0 radical (unpaired) electrons. The van der Waals surface area contributed by atoms with Crippen molar-refractivity contribution in [3.63, 3.8) is 0 Å². The third-order valence-electron chi connectivity index (χ3n) is 2.19. The lowest BCUT2D eigenvalue weighted by molar-refractivity contribution is 0.183. The molecule has 15 heavy (non-hydrogen) atoms. The average Bonchev–Trinajstić information content (AvgIpc) is 2.71. The molecule has 0 aromatic carbocycles. The zero-order chi connectivity index (χ0) is 10.7. The number of aliphatic hydroxyl groups is 1. The predicted octanol–water partition coefficient (Wildman–Crippen LogP) is 1.26. The number of imidazole rings is 1. The minimum Gasteiger partial charge on any atom is -0.393 e. The molecule has 1 atom stereocenters. The topological polar surface area (TPSA) is 49.6 Å². The smallest absolute Gasteiger partial charge is 0.193 e. The standard InChI is InChI=1S/C10H15N3OS/c1-8(14)2-3-11-6-9-7-13-4-5-15-10(13)12-9/h4-5,7-8,11,14H,2-3,6H2,1H3. The number of thiazole rings is 1. The van der Waals surface area contributed by atoms with Crippen LogP contribution in [0.4, 0.5) is 0 Å². The second kappa shape index (κ2) is 4.74. The van der Waals surface area contributed by atoms with Crippen molar-refractivity contribution < 1.29 is 5.11 Å². The van der Waals surface area contributed by atoms with E-state index in [-0.39, 0.29) is 6.10 Å². The van der Waals surface area contributed by atoms with Crippen LogP contribution < -0.4 is 5.32 Å². The van der Waals surface area contributed by atoms with Crippen molar-refractivity contribution in [3.8, 4) is 0 Å². The average molecular weight is 225 g/mol. The fourth-order valence-corrected chi connectivity index (χ4v) is 2.11. The van der Waals surface area contributed by atoms with Gasteiger partial charge < -0.3 is 10.4 Å². The van der Waals surface area contributed by atoms with Gasteiger partial charge in [0.05, 0.1) is 11.8 Å². The van der Waals surface area contributed by atoms with Gasteiger partial charge in [-0.05, 0) is 19.9 Å². The monoisotopic (exact) mass is 225 g/mol. The first-order valence-corrected chi connectivity index (χ1v) is 5.93. The second-order valence-electron chi connectivity index (χ2n) is 3.64. The molecule has 0 saturated carbocycles. The van der Waals surface area contributed by atoms with E-state index in [9.17, 15) is 0 Å². The van der Waals surface area contributed by atoms with Gasteiger partial charge >= 0.3 is 0 Å². The molecule has 2 N–H and O–H groups in total. The van der Waals surface area contributed by atoms with Crippen molar-refractivity contribution in [1.82, 2.24) is 14.7 Å². The van der Waals surface area contributed by atoms with Gasteiger partial charge in [-0.2, -0.15) is 0 Å². The van der Waals surface area contributed by atoms with Crippen molar-refractivity contribution in [1.29, 1.82) is 0 Å². The third kappa shape index (κ3) is 2.77. The van der Waals surface area contributed by atoms with Gasteiger partial charge in [-0.3, -0.25) is 4.40 Å². The molecule has 0 aliphatic rings. The van der Waals surface area contributed by atoms with Crippen LogP contribution in [0.25, 0.3) is 4.96 Å². The molecule has 0 aliphatic carbocycles. The van der Waals surface area contributed by atoms with Gasteiger partial charge in [0.1, 0.15) is 0 Å². The molecule has 4 nitrogen and oxygen atoms in total. The minimum absolute atomic E-state index is 0.233. The lowest BCUT2D eigenvalue weighted by Gasteiger charge is -2.04. The number of fused-ring (bicyclic) bond motifs is 1. The normalized spacial score (nSPS) is 13.5. The van der Waals surface area contributed by atoms with Crippen molar-refractivity contribution in [3.05, 3.63) is 23.5 Å². The molecule has 0 spiro atoms. The summed E-state index contributed by atoms with van der Waals surface area (Å²) in [6, 6.07) is 0. The molecule has 1 unspecified atom stereocenters. The molecule has 2 rings (SSSR count). The summed E-state index contributed by atoms with van der Waals surface area (Å²) in [5.74, 6) is 0. The summed E-state index contributed by atoms with van der Waals surface area (Å²) in [5, 5.41) is 14.3. The quantitative estimate of drug-likeness (QED) is 0.753. The highest BCUT2D eigenvalue weighted by molar-refractivity contribution is 7.15. The van der Waals surface area contributed by atoms with E-state index in [0.717, 1.165) is 30.2 Å². The van der Waals surface area contributed by atoms with E-state index in [1.165, 1.54) is 0 Å². The first-order valence-electron chi connectivity index (χ1n) is 5.05. The van der Waals surface area contributed by atoms with E-state index >= 15 is 0 Å². The summed E-state index contributed by atoms with van der Waals surface area (Å²) in [4.78, 5) is 5.48. The molecule has 82 valence electrons. The van der Waals surface area contributed by atoms with Crippen LogP contribution in [0.15, 0.2) is 17.8 Å². The number of nitrogens with one attached hydrogen (secondary N) is 1. The fourth-order valence-electron chi connectivity index (χ4n) is 1.39. The number of aliphatic hydroxyl groups excluding tert-OH is 1. The molecule has 0 fully saturated rings. The Balaban J connectivity index is 1.82. The van der Waals surface area contributed by atoms with Crippen LogP contribution in [0.1, 0.15) is 19.0 Å². The van der Waals surface area contributed by atoms with Gasteiger partial charge in [0.2, 0.25) is 0 Å². The van der Waals surface area contributed by atoms with Gasteiger partial charge in [0, 0.05) is 24.3 Å². The lowest BCUT2D eigenvalue weighted by atomic mass is 10.3. The summed E-state index contributed by atoms with van der Waals surface area (Å²) < 4.78 is 2.02. The molecular weight excluding hydrogens is 210 g/mol. The van der Waals surface area contributed by atoms with Crippen molar-refractivity contribution in [2.45, 2.75) is 26.0 Å². The van der Waals surface area contributed by atoms with Crippen LogP contribution in [0, 0.1) is 0 Å². The van der Waals surface area contributed by atoms with E-state index in [1.54, 1.807) is 18.3 Å². The molecule has 2 heterocycles. The van der Waals surface area contributed by atoms with Crippen LogP contribution in [0.3, 0.4) is 0 Å². The highest BCUT2D eigenvalue weighted by Crippen LogP contribution is 2.10. The Morgan fingerprint density at radius 1 is 1.67 bits per heavy atom. The van der Waals surface area contributed by atoms with Crippen molar-refractivity contribution in [2.24, 2.45) is 0 Å². The maximum atomic E-state index is 9.07. The zero-order valence-corrected chi connectivity index (χ0v) is 9.50. The highest BCUT2D eigenvalue weighted by Gasteiger charge is 2.01. The maximum Gasteiger partial charge on any atom is 0.193 e. The van der Waals surface area contributed by atoms with Crippen LogP contribution in [-0.2, 0) is 6.54 Å². The molecule has 5 heteroatoms. The molecule has 0 bridgehead atoms. The summed E-state index contributed by atoms with van der Waals surface area (Å²) in [6.07, 6.45) is 4.58. The maximum absolute atomic E-state index is 9.07. The van der Waals surface area contributed by atoms with E-state index in [4.69, 9.17) is 5.11 Å². The summed E-state index contributed by atoms with van der Waals surface area (Å²) in [7, 11) is 0. The SMILES string of the molecule is CC(O)CCNCc1cn2ccsc2n1. The van der Waals surface area contributed by atoms with Crippen LogP contribution in [0.5, 0.6) is 0 Å². The first kappa shape index (κ1) is 10.6. The Hall–Kier alpha value is -0.910. The molecule has 2 aromatic rings. The first-order chi connectivity index (χ1) is 7.25. The van der Waals surface area contributed by atoms with E-state index in [0.29, 0.717) is 0 Å². The molecule has 2 aromatic heterocycles. The second-order valence-corrected chi connectivity index (χ2v) is 4.51. The Bertz CT molecular complexity index is 392. The summed E-state index contributed by atoms with van der Waals surface area (Å²) in [5.41, 5.74) is 1.05. The Kier molecular flexibility index (Phi) is 3.35. The number of rotatable bonds is 5. The van der Waals surface area contributed by atoms with Gasteiger partial charge in [0.25, 0.3) is 0 Å². The fraction of sp³-hybridized carbons (Fsp3) is 0.500. The summed E-state index contributed by atoms with van der Waals surface area (Å²) >= 11 is 1.64. The Morgan fingerprint density at radius 3 is 3.27 bits per heavy atom. The largest absolute Gasteiger partial charge is 0.393 e. The van der Waals surface area contributed by atoms with Gasteiger partial charge in [-0.15, -0.1) is 11.3 Å². The molecule has 0 amide bonds. The van der Waals surface area contributed by atoms with E-state index < -0.39 is 0 Å². The minimum atomic E-state index is -0.233. The Labute approximate surface area is 92.6 Å². The lowest BCUT2D eigenvalue weighted by Crippen LogP contribution is -2.18. The molecular formula is C10H15N3OS. The zero-order valence-electron chi connectivity index (χ0n) is 8.68.